The molecule has 2 rings (SSSR count). The number of benzene rings is 1. The van der Waals surface area contributed by atoms with E-state index in [9.17, 15) is 14.9 Å². The molecule has 1 unspecified atom stereocenters. The molecule has 16 heavy (non-hydrogen) atoms. The molecule has 1 heterocycles. The van der Waals surface area contributed by atoms with Crippen molar-refractivity contribution in [2.45, 2.75) is 6.10 Å². The van der Waals surface area contributed by atoms with Crippen LogP contribution >= 0.6 is 0 Å². The van der Waals surface area contributed by atoms with Gasteiger partial charge in [-0.3, -0.25) is 0 Å². The van der Waals surface area contributed by atoms with Gasteiger partial charge in [0.05, 0.1) is 6.10 Å². The third-order valence-corrected chi connectivity index (χ3v) is 2.42. The highest BCUT2D eigenvalue weighted by atomic mass is 16.5. The summed E-state index contributed by atoms with van der Waals surface area (Å²) in [5.74, 6) is 0.0354. The highest BCUT2D eigenvalue weighted by Gasteiger charge is 2.35. The first kappa shape index (κ1) is 10.8. The monoisotopic (exact) mass is 223 g/mol. The molecule has 0 saturated heterocycles. The zero-order chi connectivity index (χ0) is 11.7. The lowest BCUT2D eigenvalue weighted by Crippen LogP contribution is -2.29. The van der Waals surface area contributed by atoms with Crippen LogP contribution in [0.5, 0.6) is 5.75 Å². The lowest BCUT2D eigenvalue weighted by Gasteiger charge is -2.11. The predicted molar refractivity (Wildman–Crippen MR) is 55.6 cm³/mol. The Morgan fingerprint density at radius 1 is 1.56 bits per heavy atom. The zero-order valence-electron chi connectivity index (χ0n) is 8.25. The van der Waals surface area contributed by atoms with Crippen LogP contribution in [0.25, 0.3) is 0 Å². The second-order valence-corrected chi connectivity index (χ2v) is 3.48. The maximum Gasteiger partial charge on any atom is 0.492 e. The molecular formula is C9H10BNO5. The highest BCUT2D eigenvalue weighted by Crippen LogP contribution is 2.24. The molecule has 1 aromatic carbocycles. The number of fused-ring (bicyclic) bond motifs is 1. The Balaban J connectivity index is 2.19. The summed E-state index contributed by atoms with van der Waals surface area (Å²) in [4.78, 5) is 10.3. The van der Waals surface area contributed by atoms with Gasteiger partial charge >= 0.3 is 13.2 Å². The minimum atomic E-state index is -1.15. The van der Waals surface area contributed by atoms with Crippen molar-refractivity contribution >= 4 is 18.7 Å². The zero-order valence-corrected chi connectivity index (χ0v) is 8.25. The number of rotatable bonds is 2. The van der Waals surface area contributed by atoms with E-state index in [0.717, 1.165) is 0 Å². The lowest BCUT2D eigenvalue weighted by atomic mass is 9.79. The topological polar surface area (TPSA) is 99.0 Å². The Morgan fingerprint density at radius 2 is 2.31 bits per heavy atom. The van der Waals surface area contributed by atoms with Crippen molar-refractivity contribution in [3.63, 3.8) is 0 Å². The number of hydrogen-bond donors (Lipinski definition) is 4. The van der Waals surface area contributed by atoms with Gasteiger partial charge in [0.25, 0.3) is 0 Å². The van der Waals surface area contributed by atoms with Crippen molar-refractivity contribution in [3.8, 4) is 5.75 Å². The molecule has 0 fully saturated rings. The van der Waals surface area contributed by atoms with Crippen LogP contribution in [0.3, 0.4) is 0 Å². The van der Waals surface area contributed by atoms with Gasteiger partial charge in [-0.15, -0.1) is 0 Å². The van der Waals surface area contributed by atoms with Gasteiger partial charge in [0.15, 0.2) is 0 Å². The summed E-state index contributed by atoms with van der Waals surface area (Å²) in [5, 5.41) is 29.4. The molecule has 0 aromatic heterocycles. The number of amides is 1. The van der Waals surface area contributed by atoms with Crippen LogP contribution < -0.4 is 10.8 Å². The maximum absolute atomic E-state index is 10.3. The largest absolute Gasteiger partial charge is 0.508 e. The summed E-state index contributed by atoms with van der Waals surface area (Å²) in [6.45, 7) is 0.0597. The molecule has 6 nitrogen and oxygen atoms in total. The number of carbonyl (C=O) groups is 1. The summed E-state index contributed by atoms with van der Waals surface area (Å²) in [7, 11) is -1.12. The van der Waals surface area contributed by atoms with Crippen molar-refractivity contribution in [2.75, 3.05) is 6.54 Å². The SMILES string of the molecule is O=C(O)NCC1OB(O)c2cc(O)ccc21. The van der Waals surface area contributed by atoms with Crippen LogP contribution in [0.15, 0.2) is 18.2 Å². The molecule has 1 aliphatic rings. The molecule has 84 valence electrons. The third kappa shape index (κ3) is 1.95. The lowest BCUT2D eigenvalue weighted by molar-refractivity contribution is 0.167. The first-order valence-corrected chi connectivity index (χ1v) is 4.71. The standard InChI is InChI=1S/C9H10BNO5/c12-5-1-2-6-7(3-5)10(15)16-8(6)4-11-9(13)14/h1-3,8,11-12,15H,4H2,(H,13,14). The van der Waals surface area contributed by atoms with Gasteiger partial charge in [-0.05, 0) is 23.2 Å². The minimum absolute atomic E-state index is 0.0354. The van der Waals surface area contributed by atoms with Crippen LogP contribution in [0, 0.1) is 0 Å². The van der Waals surface area contributed by atoms with E-state index in [0.29, 0.717) is 11.0 Å². The van der Waals surface area contributed by atoms with Crippen LogP contribution in [0.2, 0.25) is 0 Å². The Labute approximate surface area is 91.6 Å². The molecular weight excluding hydrogens is 213 g/mol. The average Bonchev–Trinajstić information content (AvgIpc) is 2.53. The second kappa shape index (κ2) is 4.03. The number of phenolic OH excluding ortho intramolecular Hbond substituents is 1. The Hall–Kier alpha value is -1.73. The van der Waals surface area contributed by atoms with Gasteiger partial charge in [-0.2, -0.15) is 0 Å². The van der Waals surface area contributed by atoms with E-state index in [1.807, 2.05) is 0 Å². The molecule has 0 radical (unpaired) electrons. The summed E-state index contributed by atoms with van der Waals surface area (Å²) < 4.78 is 5.16. The van der Waals surface area contributed by atoms with Crippen molar-refractivity contribution in [2.24, 2.45) is 0 Å². The normalized spacial score (nSPS) is 18.3. The van der Waals surface area contributed by atoms with E-state index in [1.54, 1.807) is 6.07 Å². The van der Waals surface area contributed by atoms with Crippen molar-refractivity contribution in [1.29, 1.82) is 0 Å². The highest BCUT2D eigenvalue weighted by molar-refractivity contribution is 6.61. The number of nitrogens with one attached hydrogen (secondary N) is 1. The van der Waals surface area contributed by atoms with Gasteiger partial charge in [0, 0.05) is 6.54 Å². The maximum atomic E-state index is 10.3. The Morgan fingerprint density at radius 3 is 3.00 bits per heavy atom. The quantitative estimate of drug-likeness (QED) is 0.502. The molecule has 1 aromatic rings. The molecule has 1 aliphatic heterocycles. The molecule has 4 N–H and O–H groups in total. The average molecular weight is 223 g/mol. The molecule has 1 atom stereocenters. The predicted octanol–water partition coefficient (Wildman–Crippen LogP) is -0.581. The first-order valence-electron chi connectivity index (χ1n) is 4.71. The summed E-state index contributed by atoms with van der Waals surface area (Å²) in [5.41, 5.74) is 1.15. The molecule has 7 heteroatoms. The van der Waals surface area contributed by atoms with Gasteiger partial charge in [-0.25, -0.2) is 4.79 Å². The van der Waals surface area contributed by atoms with Crippen LogP contribution in [-0.4, -0.2) is 35.0 Å². The molecule has 0 saturated carbocycles. The summed E-state index contributed by atoms with van der Waals surface area (Å²) in [6.07, 6.45) is -1.67. The fourth-order valence-corrected chi connectivity index (χ4v) is 1.71. The molecule has 0 bridgehead atoms. The molecule has 0 spiro atoms. The fourth-order valence-electron chi connectivity index (χ4n) is 1.71. The number of aromatic hydroxyl groups is 1. The van der Waals surface area contributed by atoms with E-state index in [1.165, 1.54) is 12.1 Å². The van der Waals surface area contributed by atoms with E-state index in [-0.39, 0.29) is 12.3 Å². The van der Waals surface area contributed by atoms with Gasteiger partial charge in [0.2, 0.25) is 0 Å². The smallest absolute Gasteiger partial charge is 0.492 e. The number of carboxylic acid groups (broad SMARTS) is 1. The summed E-state index contributed by atoms with van der Waals surface area (Å²) >= 11 is 0. The summed E-state index contributed by atoms with van der Waals surface area (Å²) in [6, 6.07) is 4.48. The van der Waals surface area contributed by atoms with E-state index < -0.39 is 19.3 Å². The van der Waals surface area contributed by atoms with E-state index in [2.05, 4.69) is 5.32 Å². The van der Waals surface area contributed by atoms with Gasteiger partial charge in [0.1, 0.15) is 5.75 Å². The minimum Gasteiger partial charge on any atom is -0.508 e. The number of phenols is 1. The second-order valence-electron chi connectivity index (χ2n) is 3.48. The van der Waals surface area contributed by atoms with E-state index in [4.69, 9.17) is 9.76 Å². The van der Waals surface area contributed by atoms with Gasteiger partial charge < -0.3 is 25.2 Å². The van der Waals surface area contributed by atoms with Crippen LogP contribution in [-0.2, 0) is 4.65 Å². The third-order valence-electron chi connectivity index (χ3n) is 2.42. The molecule has 0 aliphatic carbocycles. The fraction of sp³-hybridized carbons (Fsp3) is 0.222. The Bertz CT molecular complexity index is 424. The Kier molecular flexibility index (Phi) is 2.72. The number of hydrogen-bond acceptors (Lipinski definition) is 4. The van der Waals surface area contributed by atoms with Gasteiger partial charge in [-0.1, -0.05) is 6.07 Å². The van der Waals surface area contributed by atoms with Crippen molar-refractivity contribution < 1.29 is 24.7 Å². The molecule has 1 amide bonds. The van der Waals surface area contributed by atoms with Crippen molar-refractivity contribution in [1.82, 2.24) is 5.32 Å². The van der Waals surface area contributed by atoms with Crippen LogP contribution in [0.1, 0.15) is 11.7 Å². The first-order chi connectivity index (χ1) is 7.58. The van der Waals surface area contributed by atoms with Crippen molar-refractivity contribution in [3.05, 3.63) is 23.8 Å². The van der Waals surface area contributed by atoms with Crippen LogP contribution in [0.4, 0.5) is 4.79 Å². The van der Waals surface area contributed by atoms with E-state index >= 15 is 0 Å².